The van der Waals surface area contributed by atoms with Crippen LogP contribution in [0.4, 0.5) is 0 Å². The maximum absolute atomic E-state index is 12.6. The Morgan fingerprint density at radius 1 is 1.00 bits per heavy atom. The van der Waals surface area contributed by atoms with Crippen LogP contribution in [-0.4, -0.2) is 43.1 Å². The van der Waals surface area contributed by atoms with Crippen molar-refractivity contribution in [2.45, 2.75) is 18.4 Å². The molecular weight excluding hydrogens is 444 g/mol. The van der Waals surface area contributed by atoms with E-state index in [1.165, 1.54) is 37.5 Å². The van der Waals surface area contributed by atoms with Gasteiger partial charge >= 0.3 is 0 Å². The van der Waals surface area contributed by atoms with E-state index in [4.69, 9.17) is 4.74 Å². The highest BCUT2D eigenvalue weighted by molar-refractivity contribution is 7.89. The number of nitrogens with one attached hydrogen (secondary N) is 2. The van der Waals surface area contributed by atoms with E-state index in [1.54, 1.807) is 12.1 Å². The molecule has 10 heteroatoms. The van der Waals surface area contributed by atoms with E-state index < -0.39 is 28.4 Å². The monoisotopic (exact) mass is 468 g/mol. The van der Waals surface area contributed by atoms with Gasteiger partial charge in [0.2, 0.25) is 15.9 Å². The molecule has 3 rings (SSSR count). The Kier molecular flexibility index (Phi) is 7.75. The predicted molar refractivity (Wildman–Crippen MR) is 122 cm³/mol. The topological polar surface area (TPSA) is 118 Å². The Balaban J connectivity index is 1.52. The maximum Gasteiger partial charge on any atom is 0.269 e. The highest BCUT2D eigenvalue weighted by atomic mass is 32.2. The number of amides is 2. The number of sulfonamides is 1. The lowest BCUT2D eigenvalue weighted by Gasteiger charge is -2.17. The highest BCUT2D eigenvalue weighted by Crippen LogP contribution is 2.15. The van der Waals surface area contributed by atoms with Crippen molar-refractivity contribution >= 4 is 21.8 Å². The third kappa shape index (κ3) is 6.61. The van der Waals surface area contributed by atoms with E-state index in [1.807, 2.05) is 37.3 Å². The quantitative estimate of drug-likeness (QED) is 0.489. The van der Waals surface area contributed by atoms with Crippen LogP contribution in [0.2, 0.25) is 0 Å². The Morgan fingerprint density at radius 2 is 1.70 bits per heavy atom. The normalized spacial score (nSPS) is 11.1. The molecule has 9 nitrogen and oxygen atoms in total. The van der Waals surface area contributed by atoms with Gasteiger partial charge in [-0.1, -0.05) is 48.0 Å². The summed E-state index contributed by atoms with van der Waals surface area (Å²) in [6, 6.07) is 18.7. The van der Waals surface area contributed by atoms with Crippen molar-refractivity contribution in [3.63, 3.8) is 0 Å². The van der Waals surface area contributed by atoms with Gasteiger partial charge in [-0.15, -0.1) is 0 Å². The number of hydrazine groups is 1. The molecule has 33 heavy (non-hydrogen) atoms. The van der Waals surface area contributed by atoms with E-state index in [2.05, 4.69) is 15.8 Å². The Labute approximate surface area is 192 Å². The van der Waals surface area contributed by atoms with Gasteiger partial charge in [0.05, 0.1) is 11.4 Å². The average Bonchev–Trinajstić information content (AvgIpc) is 2.82. The van der Waals surface area contributed by atoms with Crippen molar-refractivity contribution < 1.29 is 22.7 Å². The van der Waals surface area contributed by atoms with Crippen LogP contribution in [0.5, 0.6) is 5.88 Å². The van der Waals surface area contributed by atoms with Gasteiger partial charge in [-0.05, 0) is 30.7 Å². The minimum atomic E-state index is -3.84. The number of hydrogen-bond donors (Lipinski definition) is 2. The third-order valence-electron chi connectivity index (χ3n) is 4.64. The lowest BCUT2D eigenvalue weighted by molar-refractivity contribution is -0.121. The summed E-state index contributed by atoms with van der Waals surface area (Å²) in [5, 5.41) is 0. The molecule has 0 fully saturated rings. The summed E-state index contributed by atoms with van der Waals surface area (Å²) in [4.78, 5) is 28.7. The van der Waals surface area contributed by atoms with E-state index >= 15 is 0 Å². The molecule has 0 unspecified atom stereocenters. The summed E-state index contributed by atoms with van der Waals surface area (Å²) in [5.41, 5.74) is 6.56. The zero-order valence-corrected chi connectivity index (χ0v) is 19.0. The van der Waals surface area contributed by atoms with E-state index in [0.717, 1.165) is 15.4 Å². The Hall–Kier alpha value is -3.76. The van der Waals surface area contributed by atoms with Crippen LogP contribution in [0, 0.1) is 6.92 Å². The van der Waals surface area contributed by atoms with Crippen molar-refractivity contribution in [2.75, 3.05) is 13.6 Å². The fraction of sp³-hybridized carbons (Fsp3) is 0.174. The van der Waals surface area contributed by atoms with Crippen molar-refractivity contribution in [2.24, 2.45) is 0 Å². The predicted octanol–water partition coefficient (Wildman–Crippen LogP) is 2.05. The van der Waals surface area contributed by atoms with Crippen LogP contribution in [0.3, 0.4) is 0 Å². The van der Waals surface area contributed by atoms with Gasteiger partial charge in [-0.25, -0.2) is 13.4 Å². The van der Waals surface area contributed by atoms with Crippen LogP contribution in [-0.2, 0) is 21.4 Å². The number of ether oxygens (including phenoxy) is 1. The summed E-state index contributed by atoms with van der Waals surface area (Å²) in [6.07, 6.45) is 1.42. The molecule has 2 aromatic carbocycles. The fourth-order valence-corrected chi connectivity index (χ4v) is 3.90. The summed E-state index contributed by atoms with van der Waals surface area (Å²) >= 11 is 0. The number of pyridine rings is 1. The van der Waals surface area contributed by atoms with Crippen LogP contribution < -0.4 is 15.6 Å². The molecule has 0 aliphatic rings. The second kappa shape index (κ2) is 10.7. The molecule has 2 amide bonds. The largest absolute Gasteiger partial charge is 0.473 e. The summed E-state index contributed by atoms with van der Waals surface area (Å²) in [6.45, 7) is 1.66. The lowest BCUT2D eigenvalue weighted by atomic mass is 10.2. The number of likely N-dealkylation sites (N-methyl/N-ethyl adjacent to an activating group) is 1. The van der Waals surface area contributed by atoms with Crippen LogP contribution in [0.15, 0.2) is 77.8 Å². The summed E-state index contributed by atoms with van der Waals surface area (Å²) in [7, 11) is -2.55. The summed E-state index contributed by atoms with van der Waals surface area (Å²) in [5.74, 6) is -1.04. The van der Waals surface area contributed by atoms with E-state index in [0.29, 0.717) is 0 Å². The lowest BCUT2D eigenvalue weighted by Crippen LogP contribution is -2.46. The van der Waals surface area contributed by atoms with Gasteiger partial charge in [0, 0.05) is 24.9 Å². The molecule has 3 aromatic rings. The van der Waals surface area contributed by atoms with Crippen molar-refractivity contribution in [3.8, 4) is 5.88 Å². The Bertz CT molecular complexity index is 1220. The molecule has 0 radical (unpaired) electrons. The molecule has 0 saturated carbocycles. The zero-order valence-electron chi connectivity index (χ0n) is 18.2. The SMILES string of the molecule is Cc1ccc(S(=O)(=O)N(C)CC(=O)NNC(=O)c2ccnc(OCc3ccccc3)c2)cc1. The molecule has 0 aliphatic heterocycles. The molecule has 172 valence electrons. The van der Waals surface area contributed by atoms with Crippen molar-refractivity contribution in [3.05, 3.63) is 89.6 Å². The second-order valence-electron chi connectivity index (χ2n) is 7.23. The molecule has 1 aromatic heterocycles. The van der Waals surface area contributed by atoms with Gasteiger partial charge < -0.3 is 4.74 Å². The number of carbonyl (C=O) groups excluding carboxylic acids is 2. The number of rotatable bonds is 8. The van der Waals surface area contributed by atoms with Crippen LogP contribution >= 0.6 is 0 Å². The standard InChI is InChI=1S/C23H24N4O5S/c1-17-8-10-20(11-9-17)33(30,31)27(2)15-21(28)25-26-23(29)19-12-13-24-22(14-19)32-16-18-6-4-3-5-7-18/h3-14H,15-16H2,1-2H3,(H,25,28)(H,26,29). The molecule has 0 saturated heterocycles. The van der Waals surface area contributed by atoms with Gasteiger partial charge in [-0.2, -0.15) is 4.31 Å². The molecule has 0 bridgehead atoms. The molecule has 2 N–H and O–H groups in total. The van der Waals surface area contributed by atoms with Gasteiger partial charge in [-0.3, -0.25) is 20.4 Å². The van der Waals surface area contributed by atoms with E-state index in [-0.39, 0.29) is 22.9 Å². The zero-order chi connectivity index (χ0) is 23.8. The first-order valence-electron chi connectivity index (χ1n) is 10.0. The third-order valence-corrected chi connectivity index (χ3v) is 6.46. The van der Waals surface area contributed by atoms with Crippen LogP contribution in [0.25, 0.3) is 0 Å². The number of aryl methyl sites for hydroxylation is 1. The molecular formula is C23H24N4O5S. The van der Waals surface area contributed by atoms with Gasteiger partial charge in [0.15, 0.2) is 0 Å². The minimum Gasteiger partial charge on any atom is -0.473 e. The summed E-state index contributed by atoms with van der Waals surface area (Å²) < 4.78 is 31.7. The van der Waals surface area contributed by atoms with Gasteiger partial charge in [0.1, 0.15) is 6.61 Å². The first-order chi connectivity index (χ1) is 15.8. The number of nitrogens with zero attached hydrogens (tertiary/aromatic N) is 2. The fourth-order valence-electron chi connectivity index (χ4n) is 2.78. The number of aromatic nitrogens is 1. The average molecular weight is 469 g/mol. The molecule has 0 aliphatic carbocycles. The smallest absolute Gasteiger partial charge is 0.269 e. The van der Waals surface area contributed by atoms with Crippen molar-refractivity contribution in [1.82, 2.24) is 20.1 Å². The first-order valence-corrected chi connectivity index (χ1v) is 11.4. The molecule has 0 atom stereocenters. The minimum absolute atomic E-state index is 0.0762. The molecule has 1 heterocycles. The van der Waals surface area contributed by atoms with Crippen LogP contribution in [0.1, 0.15) is 21.5 Å². The van der Waals surface area contributed by atoms with Crippen molar-refractivity contribution in [1.29, 1.82) is 0 Å². The van der Waals surface area contributed by atoms with E-state index in [9.17, 15) is 18.0 Å². The highest BCUT2D eigenvalue weighted by Gasteiger charge is 2.23. The molecule has 0 spiro atoms. The van der Waals surface area contributed by atoms with Gasteiger partial charge in [0.25, 0.3) is 11.8 Å². The number of hydrogen-bond acceptors (Lipinski definition) is 6. The maximum atomic E-state index is 12.6. The Morgan fingerprint density at radius 3 is 2.39 bits per heavy atom. The number of carbonyl (C=O) groups is 2. The number of benzene rings is 2. The second-order valence-corrected chi connectivity index (χ2v) is 9.28. The first kappa shape index (κ1) is 23.9.